The van der Waals surface area contributed by atoms with Crippen LogP contribution in [0.5, 0.6) is 0 Å². The van der Waals surface area contributed by atoms with Crippen molar-refractivity contribution in [2.75, 3.05) is 37.6 Å². The molecule has 0 aliphatic carbocycles. The second-order valence-corrected chi connectivity index (χ2v) is 5.93. The van der Waals surface area contributed by atoms with E-state index < -0.39 is 5.60 Å². The van der Waals surface area contributed by atoms with Crippen LogP contribution in [0.3, 0.4) is 0 Å². The van der Waals surface area contributed by atoms with Crippen LogP contribution in [0.15, 0.2) is 0 Å². The normalized spacial score (nSPS) is 17.8. The first-order chi connectivity index (χ1) is 8.83. The first kappa shape index (κ1) is 14.7. The topological polar surface area (TPSA) is 65.4 Å². The summed E-state index contributed by atoms with van der Waals surface area (Å²) in [6, 6.07) is 0. The van der Waals surface area contributed by atoms with Crippen molar-refractivity contribution in [1.82, 2.24) is 19.9 Å². The number of hydrogen-bond acceptors (Lipinski definition) is 6. The lowest BCUT2D eigenvalue weighted by Crippen LogP contribution is -2.50. The molecule has 1 saturated heterocycles. The SMILES string of the molecule is CC(C)(O)CN1CCN(c2nc(Cl)nc(Cl)n2)CC1. The van der Waals surface area contributed by atoms with Gasteiger partial charge in [-0.2, -0.15) is 15.0 Å². The van der Waals surface area contributed by atoms with E-state index in [4.69, 9.17) is 23.2 Å². The molecule has 0 spiro atoms. The van der Waals surface area contributed by atoms with Crippen LogP contribution >= 0.6 is 23.2 Å². The summed E-state index contributed by atoms with van der Waals surface area (Å²) in [7, 11) is 0. The van der Waals surface area contributed by atoms with Gasteiger partial charge in [0.15, 0.2) is 0 Å². The second kappa shape index (κ2) is 5.75. The van der Waals surface area contributed by atoms with Crippen molar-refractivity contribution in [2.24, 2.45) is 0 Å². The van der Waals surface area contributed by atoms with Gasteiger partial charge in [0, 0.05) is 32.7 Å². The number of hydrogen-bond donors (Lipinski definition) is 1. The molecule has 106 valence electrons. The average Bonchev–Trinajstić information content (AvgIpc) is 2.26. The van der Waals surface area contributed by atoms with Crippen molar-refractivity contribution in [3.8, 4) is 0 Å². The third-order valence-corrected chi connectivity index (χ3v) is 3.17. The molecule has 0 amide bonds. The number of piperazine rings is 1. The minimum absolute atomic E-state index is 0.105. The Kier molecular flexibility index (Phi) is 4.45. The highest BCUT2D eigenvalue weighted by Crippen LogP contribution is 2.16. The summed E-state index contributed by atoms with van der Waals surface area (Å²) in [5.74, 6) is 0.507. The summed E-state index contributed by atoms with van der Waals surface area (Å²) in [5, 5.41) is 10.0. The van der Waals surface area contributed by atoms with Crippen LogP contribution in [0.1, 0.15) is 13.8 Å². The summed E-state index contributed by atoms with van der Waals surface area (Å²) < 4.78 is 0. The van der Waals surface area contributed by atoms with Gasteiger partial charge in [0.2, 0.25) is 16.5 Å². The molecule has 0 unspecified atom stereocenters. The molecule has 19 heavy (non-hydrogen) atoms. The quantitative estimate of drug-likeness (QED) is 0.901. The molecule has 1 aromatic heterocycles. The van der Waals surface area contributed by atoms with Gasteiger partial charge >= 0.3 is 0 Å². The fourth-order valence-electron chi connectivity index (χ4n) is 2.11. The molecular weight excluding hydrogens is 289 g/mol. The minimum atomic E-state index is -0.679. The molecule has 1 aliphatic heterocycles. The predicted octanol–water partition coefficient (Wildman–Crippen LogP) is 1.07. The van der Waals surface area contributed by atoms with Crippen LogP contribution in [-0.2, 0) is 0 Å². The Bertz CT molecular complexity index is 423. The molecule has 0 saturated carbocycles. The molecule has 2 heterocycles. The van der Waals surface area contributed by atoms with Crippen molar-refractivity contribution in [1.29, 1.82) is 0 Å². The third-order valence-electron chi connectivity index (χ3n) is 2.83. The van der Waals surface area contributed by atoms with Gasteiger partial charge in [-0.15, -0.1) is 0 Å². The molecular formula is C11H17Cl2N5O. The Morgan fingerprint density at radius 3 is 2.05 bits per heavy atom. The Hall–Kier alpha value is -0.690. The van der Waals surface area contributed by atoms with Gasteiger partial charge < -0.3 is 10.0 Å². The van der Waals surface area contributed by atoms with E-state index in [0.29, 0.717) is 12.5 Å². The van der Waals surface area contributed by atoms with Gasteiger partial charge in [0.05, 0.1) is 5.60 Å². The van der Waals surface area contributed by atoms with E-state index in [1.165, 1.54) is 0 Å². The Balaban J connectivity index is 1.96. The van der Waals surface area contributed by atoms with E-state index in [9.17, 15) is 5.11 Å². The first-order valence-electron chi connectivity index (χ1n) is 6.10. The summed E-state index contributed by atoms with van der Waals surface area (Å²) in [6.07, 6.45) is 0. The van der Waals surface area contributed by atoms with E-state index in [0.717, 1.165) is 26.2 Å². The number of rotatable bonds is 3. The van der Waals surface area contributed by atoms with Crippen LogP contribution in [-0.4, -0.2) is 63.3 Å². The van der Waals surface area contributed by atoms with Gasteiger partial charge in [0.1, 0.15) is 0 Å². The first-order valence-corrected chi connectivity index (χ1v) is 6.86. The van der Waals surface area contributed by atoms with Crippen molar-refractivity contribution >= 4 is 29.2 Å². The lowest BCUT2D eigenvalue weighted by atomic mass is 10.1. The van der Waals surface area contributed by atoms with Crippen LogP contribution in [0, 0.1) is 0 Å². The number of aromatic nitrogens is 3. The van der Waals surface area contributed by atoms with E-state index >= 15 is 0 Å². The zero-order valence-electron chi connectivity index (χ0n) is 11.0. The average molecular weight is 306 g/mol. The zero-order valence-corrected chi connectivity index (χ0v) is 12.5. The Labute approximate surface area is 122 Å². The highest BCUT2D eigenvalue weighted by Gasteiger charge is 2.24. The third kappa shape index (κ3) is 4.42. The standard InChI is InChI=1S/C11H17Cl2N5O/c1-11(2,19)7-17-3-5-18(6-4-17)10-15-8(12)14-9(13)16-10/h19H,3-7H2,1-2H3. The van der Waals surface area contributed by atoms with E-state index in [1.54, 1.807) is 0 Å². The predicted molar refractivity (Wildman–Crippen MR) is 74.8 cm³/mol. The van der Waals surface area contributed by atoms with E-state index in [1.807, 2.05) is 18.7 Å². The van der Waals surface area contributed by atoms with Gasteiger partial charge in [-0.25, -0.2) is 0 Å². The van der Waals surface area contributed by atoms with Crippen molar-refractivity contribution in [3.05, 3.63) is 10.6 Å². The molecule has 6 nitrogen and oxygen atoms in total. The molecule has 0 radical (unpaired) electrons. The monoisotopic (exact) mass is 305 g/mol. The molecule has 2 rings (SSSR count). The van der Waals surface area contributed by atoms with Gasteiger partial charge in [-0.1, -0.05) is 0 Å². The lowest BCUT2D eigenvalue weighted by Gasteiger charge is -2.37. The van der Waals surface area contributed by atoms with Crippen LogP contribution < -0.4 is 4.90 Å². The van der Waals surface area contributed by atoms with Gasteiger partial charge in [-0.05, 0) is 37.0 Å². The molecule has 0 aromatic carbocycles. The number of β-amino-alcohol motifs (C(OH)–C–C–N with tert-alkyl or cyclic N) is 1. The van der Waals surface area contributed by atoms with Crippen LogP contribution in [0.25, 0.3) is 0 Å². The Morgan fingerprint density at radius 2 is 1.58 bits per heavy atom. The molecule has 8 heteroatoms. The van der Waals surface area contributed by atoms with Gasteiger partial charge in [0.25, 0.3) is 0 Å². The summed E-state index contributed by atoms with van der Waals surface area (Å²) >= 11 is 11.5. The second-order valence-electron chi connectivity index (χ2n) is 5.25. The maximum Gasteiger partial charge on any atom is 0.231 e. The fourth-order valence-corrected chi connectivity index (χ4v) is 2.47. The molecule has 0 bridgehead atoms. The fraction of sp³-hybridized carbons (Fsp3) is 0.727. The van der Waals surface area contributed by atoms with Crippen LogP contribution in [0.4, 0.5) is 5.95 Å². The number of nitrogens with zero attached hydrogens (tertiary/aromatic N) is 5. The zero-order chi connectivity index (χ0) is 14.0. The molecule has 1 N–H and O–H groups in total. The minimum Gasteiger partial charge on any atom is -0.389 e. The lowest BCUT2D eigenvalue weighted by molar-refractivity contribution is 0.0344. The maximum absolute atomic E-state index is 9.80. The largest absolute Gasteiger partial charge is 0.389 e. The molecule has 0 atom stereocenters. The number of anilines is 1. The maximum atomic E-state index is 9.80. The number of halogens is 2. The molecule has 1 aliphatic rings. The summed E-state index contributed by atoms with van der Waals surface area (Å²) in [6.45, 7) is 7.49. The van der Waals surface area contributed by atoms with Crippen molar-refractivity contribution in [3.63, 3.8) is 0 Å². The highest BCUT2D eigenvalue weighted by molar-refractivity contribution is 6.31. The number of aliphatic hydroxyl groups is 1. The molecule has 1 aromatic rings. The van der Waals surface area contributed by atoms with Crippen LogP contribution in [0.2, 0.25) is 10.6 Å². The molecule has 1 fully saturated rings. The summed E-state index contributed by atoms with van der Waals surface area (Å²) in [5.41, 5.74) is -0.679. The summed E-state index contributed by atoms with van der Waals surface area (Å²) in [4.78, 5) is 16.1. The highest BCUT2D eigenvalue weighted by atomic mass is 35.5. The smallest absolute Gasteiger partial charge is 0.231 e. The van der Waals surface area contributed by atoms with E-state index in [2.05, 4.69) is 19.9 Å². The van der Waals surface area contributed by atoms with Gasteiger partial charge in [-0.3, -0.25) is 4.90 Å². The van der Waals surface area contributed by atoms with E-state index in [-0.39, 0.29) is 10.6 Å². The van der Waals surface area contributed by atoms with Crippen molar-refractivity contribution < 1.29 is 5.11 Å². The Morgan fingerprint density at radius 1 is 1.05 bits per heavy atom. The van der Waals surface area contributed by atoms with Crippen molar-refractivity contribution in [2.45, 2.75) is 19.4 Å².